The van der Waals surface area contributed by atoms with Gasteiger partial charge in [-0.05, 0) is 48.6 Å². The van der Waals surface area contributed by atoms with Crippen molar-refractivity contribution in [2.45, 2.75) is 55.9 Å². The van der Waals surface area contributed by atoms with Crippen LogP contribution in [0.15, 0.2) is 83.8 Å². The van der Waals surface area contributed by atoms with Crippen LogP contribution >= 0.6 is 0 Å². The lowest BCUT2D eigenvalue weighted by Gasteiger charge is -2.28. The number of benzene rings is 3. The number of sulfonamides is 2. The first kappa shape index (κ1) is 36.8. The Morgan fingerprint density at radius 1 is 0.848 bits per heavy atom. The summed E-state index contributed by atoms with van der Waals surface area (Å²) in [6.45, 7) is 4.53. The highest BCUT2D eigenvalue weighted by molar-refractivity contribution is 7.89. The number of nitrogens with two attached hydrogens (primary N) is 1. The van der Waals surface area contributed by atoms with Gasteiger partial charge in [0.25, 0.3) is 11.8 Å². The van der Waals surface area contributed by atoms with Gasteiger partial charge in [-0.3, -0.25) is 9.59 Å². The van der Waals surface area contributed by atoms with Crippen LogP contribution < -0.4 is 15.3 Å². The Kier molecular flexibility index (Phi) is 13.4. The van der Waals surface area contributed by atoms with Gasteiger partial charge in [0.05, 0.1) is 22.8 Å². The van der Waals surface area contributed by atoms with Gasteiger partial charge < -0.3 is 15.3 Å². The van der Waals surface area contributed by atoms with E-state index >= 15 is 0 Å². The highest BCUT2D eigenvalue weighted by Crippen LogP contribution is 2.18. The van der Waals surface area contributed by atoms with E-state index in [-0.39, 0.29) is 29.8 Å². The Morgan fingerprint density at radius 3 is 1.93 bits per heavy atom. The minimum Gasteiger partial charge on any atom is -0.390 e. The van der Waals surface area contributed by atoms with Gasteiger partial charge in [0, 0.05) is 37.8 Å². The average molecular weight is 674 g/mol. The quantitative estimate of drug-likeness (QED) is 0.158. The summed E-state index contributed by atoms with van der Waals surface area (Å²) in [6, 6.07) is 20.3. The van der Waals surface area contributed by atoms with Crippen molar-refractivity contribution in [2.24, 2.45) is 5.14 Å². The molecule has 0 fully saturated rings. The third kappa shape index (κ3) is 11.3. The fourth-order valence-corrected chi connectivity index (χ4v) is 6.79. The SMILES string of the molecule is CCCN(CCC)C(=O)c1cc(C(=O)NC(Cc2ccccc2)C(O)CN(C)NS(=O)(=O)Cc2ccccc2)cc(S(N)(=O)=O)c1. The molecule has 0 radical (unpaired) electrons. The number of likely N-dealkylation sites (N-methyl/N-ethyl adjacent to an activating group) is 1. The Labute approximate surface area is 271 Å². The maximum atomic E-state index is 13.6. The third-order valence-electron chi connectivity index (χ3n) is 7.05. The fourth-order valence-electron chi connectivity index (χ4n) is 4.97. The van der Waals surface area contributed by atoms with Gasteiger partial charge in [-0.25, -0.2) is 27.0 Å². The van der Waals surface area contributed by atoms with Crippen LogP contribution in [-0.4, -0.2) is 82.5 Å². The minimum atomic E-state index is -4.29. The second kappa shape index (κ2) is 16.8. The number of hydrogen-bond acceptors (Lipinski definition) is 8. The Hall–Kier alpha value is -3.66. The highest BCUT2D eigenvalue weighted by atomic mass is 32.2. The lowest BCUT2D eigenvalue weighted by molar-refractivity contribution is 0.0687. The van der Waals surface area contributed by atoms with E-state index in [0.29, 0.717) is 31.5 Å². The Morgan fingerprint density at radius 2 is 1.39 bits per heavy atom. The number of hydrazine groups is 1. The summed E-state index contributed by atoms with van der Waals surface area (Å²) in [7, 11) is -6.63. The summed E-state index contributed by atoms with van der Waals surface area (Å²) in [5.41, 5.74) is 1.23. The van der Waals surface area contributed by atoms with Crippen molar-refractivity contribution in [1.29, 1.82) is 0 Å². The van der Waals surface area contributed by atoms with E-state index in [4.69, 9.17) is 5.14 Å². The molecule has 2 amide bonds. The molecule has 0 saturated heterocycles. The molecule has 0 saturated carbocycles. The van der Waals surface area contributed by atoms with Crippen molar-refractivity contribution in [3.63, 3.8) is 0 Å². The summed E-state index contributed by atoms with van der Waals surface area (Å²) in [4.78, 5) is 30.6. The topological polar surface area (TPSA) is 179 Å². The van der Waals surface area contributed by atoms with Crippen LogP contribution in [-0.2, 0) is 32.2 Å². The zero-order chi connectivity index (χ0) is 33.9. The van der Waals surface area contributed by atoms with Crippen molar-refractivity contribution in [2.75, 3.05) is 26.7 Å². The molecule has 0 heterocycles. The number of amides is 2. The molecular formula is C32H43N5O7S2. The van der Waals surface area contributed by atoms with E-state index in [0.717, 1.165) is 17.7 Å². The molecule has 46 heavy (non-hydrogen) atoms. The molecule has 0 bridgehead atoms. The smallest absolute Gasteiger partial charge is 0.253 e. The fraction of sp³-hybridized carbons (Fsp3) is 0.375. The molecule has 14 heteroatoms. The number of rotatable bonds is 17. The normalized spacial score (nSPS) is 13.3. The summed E-state index contributed by atoms with van der Waals surface area (Å²) >= 11 is 0. The van der Waals surface area contributed by atoms with E-state index < -0.39 is 48.9 Å². The first-order chi connectivity index (χ1) is 21.7. The molecule has 2 atom stereocenters. The van der Waals surface area contributed by atoms with Gasteiger partial charge in [-0.15, -0.1) is 4.83 Å². The first-order valence-corrected chi connectivity index (χ1v) is 18.2. The van der Waals surface area contributed by atoms with Crippen LogP contribution in [0, 0.1) is 0 Å². The molecule has 0 aliphatic carbocycles. The molecule has 3 aromatic carbocycles. The van der Waals surface area contributed by atoms with Crippen LogP contribution in [0.5, 0.6) is 0 Å². The Bertz CT molecular complexity index is 1670. The van der Waals surface area contributed by atoms with Crippen LogP contribution in [0.2, 0.25) is 0 Å². The van der Waals surface area contributed by atoms with Gasteiger partial charge in [0.2, 0.25) is 20.0 Å². The summed E-state index contributed by atoms with van der Waals surface area (Å²) in [5.74, 6) is -1.45. The predicted octanol–water partition coefficient (Wildman–Crippen LogP) is 2.26. The molecule has 12 nitrogen and oxygen atoms in total. The van der Waals surface area contributed by atoms with Gasteiger partial charge in [0.1, 0.15) is 0 Å². The Balaban J connectivity index is 1.87. The zero-order valence-corrected chi connectivity index (χ0v) is 27.9. The van der Waals surface area contributed by atoms with E-state index in [1.807, 2.05) is 32.0 Å². The molecule has 2 unspecified atom stereocenters. The molecule has 0 aliphatic heterocycles. The number of aliphatic hydroxyl groups excluding tert-OH is 1. The largest absolute Gasteiger partial charge is 0.390 e. The van der Waals surface area contributed by atoms with Crippen LogP contribution in [0.25, 0.3) is 0 Å². The molecule has 0 aromatic heterocycles. The number of aliphatic hydroxyl groups is 1. The van der Waals surface area contributed by atoms with Crippen LogP contribution in [0.1, 0.15) is 58.5 Å². The lowest BCUT2D eigenvalue weighted by Crippen LogP contribution is -2.52. The van der Waals surface area contributed by atoms with Crippen molar-refractivity contribution < 1.29 is 31.5 Å². The van der Waals surface area contributed by atoms with E-state index in [2.05, 4.69) is 10.1 Å². The molecule has 0 spiro atoms. The molecule has 5 N–H and O–H groups in total. The van der Waals surface area contributed by atoms with E-state index in [9.17, 15) is 31.5 Å². The number of nitrogens with zero attached hydrogens (tertiary/aromatic N) is 2. The third-order valence-corrected chi connectivity index (χ3v) is 9.25. The van der Waals surface area contributed by atoms with Crippen LogP contribution in [0.4, 0.5) is 0 Å². The summed E-state index contributed by atoms with van der Waals surface area (Å²) in [5, 5.41) is 20.7. The van der Waals surface area contributed by atoms with Gasteiger partial charge in [-0.1, -0.05) is 74.5 Å². The summed E-state index contributed by atoms with van der Waals surface area (Å²) in [6.07, 6.45) is 0.258. The minimum absolute atomic E-state index is 0.00807. The average Bonchev–Trinajstić information content (AvgIpc) is 3.00. The van der Waals surface area contributed by atoms with Gasteiger partial charge >= 0.3 is 0 Å². The first-order valence-electron chi connectivity index (χ1n) is 15.0. The van der Waals surface area contributed by atoms with E-state index in [1.54, 1.807) is 47.4 Å². The molecule has 3 aromatic rings. The standard InChI is InChI=1S/C32H43N5O7S2/c1-4-16-37(17-5-2)32(40)27-19-26(20-28(21-27)46(33,43)44)31(39)34-29(18-24-12-8-6-9-13-24)30(38)22-36(3)35-45(41,42)23-25-14-10-7-11-15-25/h6-15,19-21,29-30,35,38H,4-5,16-18,22-23H2,1-3H3,(H,34,39)(H2,33,43,44). The maximum Gasteiger partial charge on any atom is 0.253 e. The molecule has 3 rings (SSSR count). The molecule has 250 valence electrons. The second-order valence-electron chi connectivity index (χ2n) is 11.1. The maximum absolute atomic E-state index is 13.6. The number of hydrogen-bond donors (Lipinski definition) is 4. The second-order valence-corrected chi connectivity index (χ2v) is 14.4. The molecular weight excluding hydrogens is 631 g/mol. The number of carbonyl (C=O) groups excluding carboxylic acids is 2. The lowest BCUT2D eigenvalue weighted by atomic mass is 10.00. The van der Waals surface area contributed by atoms with Crippen molar-refractivity contribution >= 4 is 31.9 Å². The van der Waals surface area contributed by atoms with Crippen molar-refractivity contribution in [3.8, 4) is 0 Å². The van der Waals surface area contributed by atoms with Crippen LogP contribution in [0.3, 0.4) is 0 Å². The zero-order valence-electron chi connectivity index (χ0n) is 26.3. The predicted molar refractivity (Wildman–Crippen MR) is 177 cm³/mol. The highest BCUT2D eigenvalue weighted by Gasteiger charge is 2.27. The van der Waals surface area contributed by atoms with E-state index in [1.165, 1.54) is 18.1 Å². The van der Waals surface area contributed by atoms with Crippen molar-refractivity contribution in [3.05, 3.63) is 101 Å². The van der Waals surface area contributed by atoms with Gasteiger partial charge in [-0.2, -0.15) is 0 Å². The number of carbonyl (C=O) groups is 2. The number of primary sulfonamides is 1. The molecule has 0 aliphatic rings. The van der Waals surface area contributed by atoms with Crippen molar-refractivity contribution in [1.82, 2.24) is 20.1 Å². The number of nitrogens with one attached hydrogen (secondary N) is 2. The summed E-state index contributed by atoms with van der Waals surface area (Å²) < 4.78 is 50.2. The van der Waals surface area contributed by atoms with Gasteiger partial charge in [0.15, 0.2) is 0 Å². The monoisotopic (exact) mass is 673 g/mol.